The summed E-state index contributed by atoms with van der Waals surface area (Å²) in [6.07, 6.45) is 5.02. The number of aryl methyl sites for hydroxylation is 2. The maximum atomic E-state index is 4.93. The molecule has 4 aromatic carbocycles. The molecular weight excluding hydrogens is 759 g/mol. The molecule has 0 spiro atoms. The van der Waals surface area contributed by atoms with Crippen LogP contribution in [0.2, 0.25) is 12.1 Å². The zero-order valence-electron chi connectivity index (χ0n) is 26.8. The molecule has 0 fully saturated rings. The van der Waals surface area contributed by atoms with Gasteiger partial charge in [0.05, 0.1) is 0 Å². The minimum absolute atomic E-state index is 0.424. The van der Waals surface area contributed by atoms with Crippen LogP contribution in [0.3, 0.4) is 0 Å². The van der Waals surface area contributed by atoms with Gasteiger partial charge in [-0.15, -0.1) is 22.7 Å². The van der Waals surface area contributed by atoms with Crippen molar-refractivity contribution < 1.29 is 20.8 Å². The quantitative estimate of drug-likeness (QED) is 0.135. The van der Waals surface area contributed by atoms with Gasteiger partial charge in [0.25, 0.3) is 0 Å². The zero-order valence-corrected chi connectivity index (χ0v) is 33.4. The average molecular weight is 793 g/mol. The summed E-state index contributed by atoms with van der Waals surface area (Å²) in [6.45, 7) is 4.45. The molecule has 2 heterocycles. The van der Waals surface area contributed by atoms with Crippen LogP contribution >= 0.6 is 39.7 Å². The van der Waals surface area contributed by atoms with Crippen molar-refractivity contribution in [2.75, 3.05) is 0 Å². The molecule has 2 radical (unpaired) electrons. The number of halogens is 2. The standard InChI is InChI=1S/C42H34S2Si.2ClH.Zr/c1-27-19-21-41(43-27)37-23-35-31(29-11-5-3-6-12-29)15-9-17-33(35)39(37)25-45-26-40-34-18-10-16-32(30-13-7-4-8-14-30)36(34)24-38(40)42-22-20-28(2)44-42;;;/h3-24,39-40H,25-26H2,1-2H3;2*1H;/q;;;+2/p-2. The van der Waals surface area contributed by atoms with E-state index in [-0.39, 0.29) is 0 Å². The van der Waals surface area contributed by atoms with E-state index < -0.39 is 20.8 Å². The van der Waals surface area contributed by atoms with E-state index in [4.69, 9.17) is 17.0 Å². The van der Waals surface area contributed by atoms with Crippen molar-refractivity contribution >= 4 is 72.5 Å². The molecule has 48 heavy (non-hydrogen) atoms. The fourth-order valence-electron chi connectivity index (χ4n) is 7.16. The van der Waals surface area contributed by atoms with Gasteiger partial charge < -0.3 is 0 Å². The van der Waals surface area contributed by atoms with E-state index in [0.717, 1.165) is 9.52 Å². The number of hydrogen-bond donors (Lipinski definition) is 0. The number of benzene rings is 4. The first-order valence-corrected chi connectivity index (χ1v) is 25.5. The van der Waals surface area contributed by atoms with Crippen molar-refractivity contribution in [2.45, 2.75) is 37.8 Å². The predicted octanol–water partition coefficient (Wildman–Crippen LogP) is 13.7. The zero-order chi connectivity index (χ0) is 33.0. The van der Waals surface area contributed by atoms with Gasteiger partial charge >= 0.3 is 37.9 Å². The van der Waals surface area contributed by atoms with Gasteiger partial charge in [0, 0.05) is 40.9 Å². The van der Waals surface area contributed by atoms with Gasteiger partial charge in [-0.05, 0) is 106 Å². The van der Waals surface area contributed by atoms with E-state index in [0.29, 0.717) is 11.8 Å². The van der Waals surface area contributed by atoms with Crippen LogP contribution in [-0.2, 0) is 20.8 Å². The van der Waals surface area contributed by atoms with Gasteiger partial charge in [-0.3, -0.25) is 0 Å². The summed E-state index contributed by atoms with van der Waals surface area (Å²) in [4.78, 5) is 5.60. The third-order valence-corrected chi connectivity index (χ3v) is 12.8. The van der Waals surface area contributed by atoms with Crippen molar-refractivity contribution in [3.05, 3.63) is 163 Å². The van der Waals surface area contributed by atoms with Crippen LogP contribution in [0.4, 0.5) is 0 Å². The third kappa shape index (κ3) is 7.04. The molecule has 236 valence electrons. The third-order valence-electron chi connectivity index (χ3n) is 9.30. The van der Waals surface area contributed by atoms with Gasteiger partial charge in [0.2, 0.25) is 0 Å². The monoisotopic (exact) mass is 790 g/mol. The molecule has 0 saturated carbocycles. The summed E-state index contributed by atoms with van der Waals surface area (Å²) in [5.41, 5.74) is 14.1. The molecule has 2 aliphatic rings. The fourth-order valence-corrected chi connectivity index (χ4v) is 10.7. The Bertz CT molecular complexity index is 1950. The molecule has 6 aromatic rings. The number of allylic oxidation sites excluding steroid dienone is 2. The Hall–Kier alpha value is -2.56. The SMILES string of the molecule is Cc1ccc(C2=Cc3c(-c4ccccc4)cccc3C2C[Si]CC2C(c3ccc(C)s3)=Cc3c(-c4ccccc4)cccc32)s1.[Cl][Zr][Cl]. The van der Waals surface area contributed by atoms with Gasteiger partial charge in [0.1, 0.15) is 0 Å². The summed E-state index contributed by atoms with van der Waals surface area (Å²) >= 11 is 3.05. The van der Waals surface area contributed by atoms with Gasteiger partial charge in [0.15, 0.2) is 0 Å². The van der Waals surface area contributed by atoms with Crippen molar-refractivity contribution in [1.82, 2.24) is 0 Å². The Morgan fingerprint density at radius 2 is 0.958 bits per heavy atom. The molecule has 0 bridgehead atoms. The van der Waals surface area contributed by atoms with Crippen molar-refractivity contribution in [1.29, 1.82) is 0 Å². The summed E-state index contributed by atoms with van der Waals surface area (Å²) in [5.74, 6) is 0.848. The van der Waals surface area contributed by atoms with Crippen LogP contribution in [0.15, 0.2) is 121 Å². The number of hydrogen-bond acceptors (Lipinski definition) is 2. The predicted molar refractivity (Wildman–Crippen MR) is 210 cm³/mol. The van der Waals surface area contributed by atoms with Gasteiger partial charge in [-0.1, -0.05) is 109 Å². The topological polar surface area (TPSA) is 0 Å². The molecule has 0 amide bonds. The Morgan fingerprint density at radius 3 is 1.33 bits per heavy atom. The van der Waals surface area contributed by atoms with E-state index in [1.807, 2.05) is 22.7 Å². The first-order chi connectivity index (χ1) is 23.6. The van der Waals surface area contributed by atoms with Gasteiger partial charge in [-0.2, -0.15) is 0 Å². The molecule has 0 N–H and O–H groups in total. The van der Waals surface area contributed by atoms with E-state index in [2.05, 4.69) is 147 Å². The summed E-state index contributed by atoms with van der Waals surface area (Å²) in [7, 11) is 10.7. The number of thiophene rings is 2. The molecule has 0 saturated heterocycles. The first kappa shape index (κ1) is 33.9. The first-order valence-electron chi connectivity index (χ1n) is 16.2. The Labute approximate surface area is 313 Å². The van der Waals surface area contributed by atoms with Crippen molar-refractivity contribution in [3.63, 3.8) is 0 Å². The maximum absolute atomic E-state index is 4.93. The molecule has 2 aromatic heterocycles. The second-order valence-corrected chi connectivity index (χ2v) is 19.8. The summed E-state index contributed by atoms with van der Waals surface area (Å²) in [6, 6.07) is 47.3. The molecular formula is C42H34Cl2S2SiZr. The molecule has 6 heteroatoms. The van der Waals surface area contributed by atoms with Crippen LogP contribution in [0, 0.1) is 13.8 Å². The molecule has 2 unspecified atom stereocenters. The fraction of sp³-hybridized carbons (Fsp3) is 0.143. The normalized spacial score (nSPS) is 16.0. The molecule has 2 aliphatic carbocycles. The van der Waals surface area contributed by atoms with Crippen LogP contribution < -0.4 is 0 Å². The van der Waals surface area contributed by atoms with E-state index >= 15 is 0 Å². The Balaban J connectivity index is 0.00000117. The van der Waals surface area contributed by atoms with Crippen LogP contribution in [0.25, 0.3) is 45.6 Å². The van der Waals surface area contributed by atoms with Gasteiger partial charge in [-0.25, -0.2) is 0 Å². The minimum atomic E-state index is -0.826. The molecule has 0 nitrogen and oxygen atoms in total. The van der Waals surface area contributed by atoms with Crippen LogP contribution in [0.1, 0.15) is 53.6 Å². The van der Waals surface area contributed by atoms with Crippen molar-refractivity contribution in [3.8, 4) is 22.3 Å². The second-order valence-electron chi connectivity index (χ2n) is 12.2. The van der Waals surface area contributed by atoms with E-state index in [9.17, 15) is 0 Å². The summed E-state index contributed by atoms with van der Waals surface area (Å²) in [5, 5.41) is 0. The molecule has 8 rings (SSSR count). The molecule has 0 aliphatic heterocycles. The second kappa shape index (κ2) is 15.5. The summed E-state index contributed by atoms with van der Waals surface area (Å²) < 4.78 is 0. The Kier molecular flexibility index (Phi) is 11.0. The van der Waals surface area contributed by atoms with E-state index in [1.165, 1.54) is 87.3 Å². The molecule has 2 atom stereocenters. The van der Waals surface area contributed by atoms with Crippen molar-refractivity contribution in [2.24, 2.45) is 0 Å². The average Bonchev–Trinajstić information content (AvgIpc) is 3.91. The Morgan fingerprint density at radius 1 is 0.542 bits per heavy atom. The van der Waals surface area contributed by atoms with Crippen LogP contribution in [0.5, 0.6) is 0 Å². The number of fused-ring (bicyclic) bond motifs is 2. The number of rotatable bonds is 8. The van der Waals surface area contributed by atoms with Crippen LogP contribution in [-0.4, -0.2) is 9.52 Å². The van der Waals surface area contributed by atoms with E-state index in [1.54, 1.807) is 0 Å².